The molecule has 2 N–H and O–H groups in total. The maximum absolute atomic E-state index is 11.6. The highest BCUT2D eigenvalue weighted by molar-refractivity contribution is 7.99. The molecule has 0 heterocycles. The molecule has 3 unspecified atom stereocenters. The molecule has 0 spiro atoms. The Labute approximate surface area is 233 Å². The van der Waals surface area contributed by atoms with Gasteiger partial charge in [-0.3, -0.25) is 9.59 Å². The van der Waals surface area contributed by atoms with Crippen LogP contribution in [0.3, 0.4) is 0 Å². The number of aliphatic carboxylic acids is 2. The van der Waals surface area contributed by atoms with E-state index in [2.05, 4.69) is 40.7 Å². The lowest BCUT2D eigenvalue weighted by Crippen LogP contribution is -2.16. The normalized spacial score (nSPS) is 14.6. The Bertz CT molecular complexity index is 602. The molecule has 37 heavy (non-hydrogen) atoms. The van der Waals surface area contributed by atoms with Crippen molar-refractivity contribution in [3.05, 3.63) is 11.6 Å². The molecule has 5 heteroatoms. The lowest BCUT2D eigenvalue weighted by atomic mass is 9.91. The minimum atomic E-state index is -0.722. The summed E-state index contributed by atoms with van der Waals surface area (Å²) < 4.78 is 0. The highest BCUT2D eigenvalue weighted by Crippen LogP contribution is 2.23. The summed E-state index contributed by atoms with van der Waals surface area (Å²) in [4.78, 5) is 22.1. The molecule has 0 saturated heterocycles. The zero-order valence-corrected chi connectivity index (χ0v) is 25.8. The van der Waals surface area contributed by atoms with Crippen LogP contribution in [0.15, 0.2) is 11.6 Å². The largest absolute Gasteiger partial charge is 0.481 e. The van der Waals surface area contributed by atoms with Gasteiger partial charge in [0.1, 0.15) is 0 Å². The van der Waals surface area contributed by atoms with Crippen molar-refractivity contribution in [3.63, 3.8) is 0 Å². The number of rotatable bonds is 26. The zero-order chi connectivity index (χ0) is 27.9. The van der Waals surface area contributed by atoms with E-state index in [9.17, 15) is 14.7 Å². The molecule has 0 bridgehead atoms. The standard InChI is InChI=1S/C32H60O4S/c1-26(2)15-12-16-27(3)17-13-18-28(4)19-14-20-29(5)23-24-37-25-30(32(35)36)21-10-8-6-7-9-11-22-31(33)34/h23,26-28,30H,6-22,24-25H2,1-5H3,(H,33,34)(H,35,36)/b29-23+. The Hall–Kier alpha value is -0.970. The highest BCUT2D eigenvalue weighted by atomic mass is 32.2. The molecule has 3 atom stereocenters. The molecule has 0 aromatic carbocycles. The highest BCUT2D eigenvalue weighted by Gasteiger charge is 2.16. The first kappa shape index (κ1) is 36.0. The number of allylic oxidation sites excluding steroid dienone is 1. The topological polar surface area (TPSA) is 74.6 Å². The zero-order valence-electron chi connectivity index (χ0n) is 24.9. The van der Waals surface area contributed by atoms with Crippen LogP contribution in [0.2, 0.25) is 0 Å². The van der Waals surface area contributed by atoms with E-state index in [4.69, 9.17) is 5.11 Å². The average molecular weight is 541 g/mol. The minimum absolute atomic E-state index is 0.254. The summed E-state index contributed by atoms with van der Waals surface area (Å²) in [6.45, 7) is 11.7. The molecule has 0 aliphatic heterocycles. The summed E-state index contributed by atoms with van der Waals surface area (Å²) >= 11 is 1.74. The van der Waals surface area contributed by atoms with Gasteiger partial charge in [0, 0.05) is 17.9 Å². The number of carboxylic acids is 2. The van der Waals surface area contributed by atoms with Crippen LogP contribution >= 0.6 is 11.8 Å². The summed E-state index contributed by atoms with van der Waals surface area (Å²) in [6, 6.07) is 0. The van der Waals surface area contributed by atoms with E-state index in [1.807, 2.05) is 0 Å². The van der Waals surface area contributed by atoms with Crippen LogP contribution in [0.4, 0.5) is 0 Å². The van der Waals surface area contributed by atoms with Crippen LogP contribution in [-0.4, -0.2) is 33.7 Å². The number of carbonyl (C=O) groups is 2. The van der Waals surface area contributed by atoms with Crippen molar-refractivity contribution in [2.75, 3.05) is 11.5 Å². The predicted molar refractivity (Wildman–Crippen MR) is 161 cm³/mol. The number of thioether (sulfide) groups is 1. The van der Waals surface area contributed by atoms with Gasteiger partial charge in [0.05, 0.1) is 5.92 Å². The van der Waals surface area contributed by atoms with E-state index in [0.29, 0.717) is 5.75 Å². The molecule has 218 valence electrons. The quantitative estimate of drug-likeness (QED) is 0.0843. The molecular weight excluding hydrogens is 480 g/mol. The van der Waals surface area contributed by atoms with Gasteiger partial charge < -0.3 is 10.2 Å². The fraction of sp³-hybridized carbons (Fsp3) is 0.875. The molecule has 0 aromatic rings. The number of hydrogen-bond donors (Lipinski definition) is 2. The number of hydrogen-bond acceptors (Lipinski definition) is 3. The van der Waals surface area contributed by atoms with Crippen molar-refractivity contribution in [2.24, 2.45) is 23.7 Å². The summed E-state index contributed by atoms with van der Waals surface area (Å²) in [6.07, 6.45) is 21.0. The van der Waals surface area contributed by atoms with Gasteiger partial charge in [-0.15, -0.1) is 0 Å². The van der Waals surface area contributed by atoms with E-state index < -0.39 is 11.9 Å². The first-order valence-corrected chi connectivity index (χ1v) is 16.4. The maximum atomic E-state index is 11.6. The van der Waals surface area contributed by atoms with Gasteiger partial charge in [0.15, 0.2) is 0 Å². The van der Waals surface area contributed by atoms with Gasteiger partial charge in [-0.2, -0.15) is 11.8 Å². The van der Waals surface area contributed by atoms with Crippen LogP contribution in [0.1, 0.15) is 144 Å². The fourth-order valence-corrected chi connectivity index (χ4v) is 6.01. The minimum Gasteiger partial charge on any atom is -0.481 e. The summed E-state index contributed by atoms with van der Waals surface area (Å²) in [7, 11) is 0. The van der Waals surface area contributed by atoms with Gasteiger partial charge in [-0.1, -0.05) is 116 Å². The molecule has 0 amide bonds. The van der Waals surface area contributed by atoms with Crippen LogP contribution in [0.25, 0.3) is 0 Å². The van der Waals surface area contributed by atoms with Crippen LogP contribution in [0.5, 0.6) is 0 Å². The molecule has 0 radical (unpaired) electrons. The second-order valence-electron chi connectivity index (χ2n) is 12.0. The van der Waals surface area contributed by atoms with E-state index in [0.717, 1.165) is 74.9 Å². The third kappa shape index (κ3) is 25.1. The SMILES string of the molecule is C/C(=C\CSCC(CCCCCCCCC(=O)O)C(=O)O)CCCC(C)CCCC(C)CCCC(C)C. The summed E-state index contributed by atoms with van der Waals surface area (Å²) in [5.74, 6) is 2.45. The number of unbranched alkanes of at least 4 members (excludes halogenated alkanes) is 5. The summed E-state index contributed by atoms with van der Waals surface area (Å²) in [5.41, 5.74) is 1.44. The van der Waals surface area contributed by atoms with Crippen molar-refractivity contribution in [3.8, 4) is 0 Å². The molecule has 0 saturated carbocycles. The number of carboxylic acid groups (broad SMARTS) is 2. The average Bonchev–Trinajstić information content (AvgIpc) is 2.81. The van der Waals surface area contributed by atoms with Gasteiger partial charge in [0.2, 0.25) is 0 Å². The maximum Gasteiger partial charge on any atom is 0.307 e. The van der Waals surface area contributed by atoms with E-state index in [1.54, 1.807) is 11.8 Å². The van der Waals surface area contributed by atoms with Crippen molar-refractivity contribution >= 4 is 23.7 Å². The van der Waals surface area contributed by atoms with Gasteiger partial charge in [-0.25, -0.2) is 0 Å². The van der Waals surface area contributed by atoms with Crippen LogP contribution < -0.4 is 0 Å². The van der Waals surface area contributed by atoms with Crippen LogP contribution in [-0.2, 0) is 9.59 Å². The summed E-state index contributed by atoms with van der Waals surface area (Å²) in [5, 5.41) is 18.2. The fourth-order valence-electron chi connectivity index (χ4n) is 4.87. The first-order chi connectivity index (χ1) is 17.6. The molecule has 4 nitrogen and oxygen atoms in total. The van der Waals surface area contributed by atoms with Crippen molar-refractivity contribution < 1.29 is 19.8 Å². The van der Waals surface area contributed by atoms with Crippen molar-refractivity contribution in [1.82, 2.24) is 0 Å². The lowest BCUT2D eigenvalue weighted by Gasteiger charge is -2.15. The van der Waals surface area contributed by atoms with Crippen molar-refractivity contribution in [2.45, 2.75) is 144 Å². The smallest absolute Gasteiger partial charge is 0.307 e. The van der Waals surface area contributed by atoms with Crippen molar-refractivity contribution in [1.29, 1.82) is 0 Å². The second-order valence-corrected chi connectivity index (χ2v) is 13.1. The Morgan fingerprint density at radius 3 is 1.78 bits per heavy atom. The van der Waals surface area contributed by atoms with Gasteiger partial charge in [0.25, 0.3) is 0 Å². The van der Waals surface area contributed by atoms with Gasteiger partial charge in [-0.05, 0) is 50.4 Å². The first-order valence-electron chi connectivity index (χ1n) is 15.3. The Balaban J connectivity index is 3.85. The monoisotopic (exact) mass is 540 g/mol. The molecule has 0 aliphatic carbocycles. The Morgan fingerprint density at radius 2 is 1.22 bits per heavy atom. The lowest BCUT2D eigenvalue weighted by molar-refractivity contribution is -0.141. The van der Waals surface area contributed by atoms with E-state index >= 15 is 0 Å². The molecule has 0 rings (SSSR count). The molecule has 0 aliphatic rings. The third-order valence-electron chi connectivity index (χ3n) is 7.55. The predicted octanol–water partition coefficient (Wildman–Crippen LogP) is 10.0. The molecular formula is C32H60O4S. The third-order valence-corrected chi connectivity index (χ3v) is 8.59. The second kappa shape index (κ2) is 24.1. The van der Waals surface area contributed by atoms with Gasteiger partial charge >= 0.3 is 11.9 Å². The Morgan fingerprint density at radius 1 is 0.676 bits per heavy atom. The Kier molecular flexibility index (Phi) is 23.5. The van der Waals surface area contributed by atoms with E-state index in [-0.39, 0.29) is 12.3 Å². The van der Waals surface area contributed by atoms with Crippen LogP contribution in [0, 0.1) is 23.7 Å². The van der Waals surface area contributed by atoms with E-state index in [1.165, 1.54) is 56.9 Å². The molecule has 0 aromatic heterocycles. The molecule has 0 fully saturated rings.